The highest BCUT2D eigenvalue weighted by molar-refractivity contribution is 6.29. The van der Waals surface area contributed by atoms with Gasteiger partial charge in [0.15, 0.2) is 5.15 Å². The summed E-state index contributed by atoms with van der Waals surface area (Å²) >= 11 is 5.75. The smallest absolute Gasteiger partial charge is 0.151 e. The van der Waals surface area contributed by atoms with E-state index in [1.165, 1.54) is 11.1 Å². The van der Waals surface area contributed by atoms with E-state index in [9.17, 15) is 0 Å². The molecule has 19 heavy (non-hydrogen) atoms. The van der Waals surface area contributed by atoms with Crippen molar-refractivity contribution in [3.05, 3.63) is 58.4 Å². The fourth-order valence-electron chi connectivity index (χ4n) is 2.53. The molecule has 1 aliphatic rings. The van der Waals surface area contributed by atoms with Crippen molar-refractivity contribution in [3.8, 4) is 0 Å². The summed E-state index contributed by atoms with van der Waals surface area (Å²) in [6.07, 6.45) is 2.22. The highest BCUT2D eigenvalue weighted by Crippen LogP contribution is 2.16. The fraction of sp³-hybridized carbons (Fsp3) is 0.333. The Morgan fingerprint density at radius 3 is 2.21 bits per heavy atom. The van der Waals surface area contributed by atoms with Crippen LogP contribution in [0.15, 0.2) is 36.4 Å². The lowest BCUT2D eigenvalue weighted by atomic mass is 10.0. The van der Waals surface area contributed by atoms with Gasteiger partial charge in [0.25, 0.3) is 0 Å². The van der Waals surface area contributed by atoms with Gasteiger partial charge in [-0.05, 0) is 36.1 Å². The molecule has 0 radical (unpaired) electrons. The zero-order valence-electron chi connectivity index (χ0n) is 10.7. The minimum Gasteiger partial charge on any atom is -0.297 e. The second kappa shape index (κ2) is 5.68. The van der Waals surface area contributed by atoms with Gasteiger partial charge >= 0.3 is 0 Å². The number of hydrogen-bond donors (Lipinski definition) is 0. The maximum Gasteiger partial charge on any atom is 0.151 e. The molecule has 4 heteroatoms. The van der Waals surface area contributed by atoms with Crippen LogP contribution in [0.5, 0.6) is 0 Å². The molecular formula is C15H16ClN3. The summed E-state index contributed by atoms with van der Waals surface area (Å²) in [5.74, 6) is 0. The van der Waals surface area contributed by atoms with Crippen molar-refractivity contribution in [1.29, 1.82) is 0 Å². The summed E-state index contributed by atoms with van der Waals surface area (Å²) < 4.78 is 0. The molecule has 1 aromatic carbocycles. The lowest BCUT2D eigenvalue weighted by Crippen LogP contribution is -2.26. The van der Waals surface area contributed by atoms with Gasteiger partial charge in [0.05, 0.1) is 5.69 Å². The molecule has 0 unspecified atom stereocenters. The van der Waals surface area contributed by atoms with E-state index in [2.05, 4.69) is 39.4 Å². The van der Waals surface area contributed by atoms with Crippen LogP contribution in [0.4, 0.5) is 0 Å². The Balaban J connectivity index is 1.67. The molecule has 2 aromatic rings. The maximum absolute atomic E-state index is 5.75. The lowest BCUT2D eigenvalue weighted by molar-refractivity contribution is 0.275. The maximum atomic E-state index is 5.75. The first-order valence-electron chi connectivity index (χ1n) is 6.58. The van der Waals surface area contributed by atoms with Gasteiger partial charge in [-0.15, -0.1) is 5.10 Å². The lowest BCUT2D eigenvalue weighted by Gasteiger charge is -2.18. The van der Waals surface area contributed by atoms with Gasteiger partial charge < -0.3 is 0 Å². The summed E-state index contributed by atoms with van der Waals surface area (Å²) in [4.78, 5) is 2.43. The molecule has 98 valence electrons. The van der Waals surface area contributed by atoms with Gasteiger partial charge in [0.1, 0.15) is 0 Å². The number of fused-ring (bicyclic) bond motifs is 1. The van der Waals surface area contributed by atoms with Gasteiger partial charge in [0.2, 0.25) is 0 Å². The van der Waals surface area contributed by atoms with Gasteiger partial charge in [-0.3, -0.25) is 4.90 Å². The van der Waals surface area contributed by atoms with Crippen molar-refractivity contribution >= 4 is 11.6 Å². The molecule has 0 saturated carbocycles. The summed E-state index contributed by atoms with van der Waals surface area (Å²) in [6.45, 7) is 2.99. The molecule has 3 nitrogen and oxygen atoms in total. The van der Waals surface area contributed by atoms with E-state index >= 15 is 0 Å². The molecule has 0 atom stereocenters. The average molecular weight is 274 g/mol. The highest BCUT2D eigenvalue weighted by atomic mass is 35.5. The van der Waals surface area contributed by atoms with E-state index in [1.54, 1.807) is 6.07 Å². The van der Waals surface area contributed by atoms with Crippen LogP contribution in [0.3, 0.4) is 0 Å². The second-order valence-corrected chi connectivity index (χ2v) is 5.28. The summed E-state index contributed by atoms with van der Waals surface area (Å²) in [6, 6.07) is 12.5. The summed E-state index contributed by atoms with van der Waals surface area (Å²) in [5, 5.41) is 8.48. The number of rotatable bonds is 2. The SMILES string of the molecule is Clc1ccc(CN2CCc3ccccc3CC2)nn1. The van der Waals surface area contributed by atoms with Gasteiger partial charge in [-0.1, -0.05) is 35.9 Å². The predicted octanol–water partition coefficient (Wildman–Crippen LogP) is 2.73. The number of hydrogen-bond acceptors (Lipinski definition) is 3. The third kappa shape index (κ3) is 3.11. The van der Waals surface area contributed by atoms with Gasteiger partial charge in [-0.2, -0.15) is 5.10 Å². The topological polar surface area (TPSA) is 29.0 Å². The van der Waals surface area contributed by atoms with Crippen LogP contribution in [0, 0.1) is 0 Å². The van der Waals surface area contributed by atoms with Crippen LogP contribution in [-0.4, -0.2) is 28.2 Å². The van der Waals surface area contributed by atoms with Crippen LogP contribution in [0.1, 0.15) is 16.8 Å². The Morgan fingerprint density at radius 2 is 1.63 bits per heavy atom. The first kappa shape index (κ1) is 12.6. The number of benzene rings is 1. The van der Waals surface area contributed by atoms with Crippen molar-refractivity contribution in [2.75, 3.05) is 13.1 Å². The molecule has 0 spiro atoms. The molecular weight excluding hydrogens is 258 g/mol. The van der Waals surface area contributed by atoms with Crippen LogP contribution in [0.2, 0.25) is 5.15 Å². The second-order valence-electron chi connectivity index (χ2n) is 4.89. The Morgan fingerprint density at radius 1 is 0.947 bits per heavy atom. The minimum atomic E-state index is 0.451. The van der Waals surface area contributed by atoms with E-state index in [4.69, 9.17) is 11.6 Å². The highest BCUT2D eigenvalue weighted by Gasteiger charge is 2.14. The molecule has 0 amide bonds. The van der Waals surface area contributed by atoms with Gasteiger partial charge in [0, 0.05) is 19.6 Å². The molecule has 0 fully saturated rings. The third-order valence-corrected chi connectivity index (χ3v) is 3.79. The Bertz CT molecular complexity index is 527. The minimum absolute atomic E-state index is 0.451. The molecule has 0 N–H and O–H groups in total. The molecule has 0 aliphatic carbocycles. The Hall–Kier alpha value is -1.45. The van der Waals surface area contributed by atoms with Crippen LogP contribution >= 0.6 is 11.6 Å². The Kier molecular flexibility index (Phi) is 3.76. The molecule has 3 rings (SSSR count). The largest absolute Gasteiger partial charge is 0.297 e. The van der Waals surface area contributed by atoms with E-state index in [0.717, 1.165) is 38.2 Å². The quantitative estimate of drug-likeness (QED) is 0.842. The predicted molar refractivity (Wildman–Crippen MR) is 76.2 cm³/mol. The molecule has 1 aliphatic heterocycles. The third-order valence-electron chi connectivity index (χ3n) is 3.59. The monoisotopic (exact) mass is 273 g/mol. The number of halogens is 1. The van der Waals surface area contributed by atoms with E-state index in [-0.39, 0.29) is 0 Å². The summed E-state index contributed by atoms with van der Waals surface area (Å²) in [7, 11) is 0. The van der Waals surface area contributed by atoms with E-state index in [0.29, 0.717) is 5.15 Å². The van der Waals surface area contributed by atoms with Crippen molar-refractivity contribution in [2.45, 2.75) is 19.4 Å². The fourth-order valence-corrected chi connectivity index (χ4v) is 2.63. The first-order chi connectivity index (χ1) is 9.31. The van der Waals surface area contributed by atoms with Crippen molar-refractivity contribution in [1.82, 2.24) is 15.1 Å². The molecule has 0 bridgehead atoms. The van der Waals surface area contributed by atoms with Crippen LogP contribution in [-0.2, 0) is 19.4 Å². The van der Waals surface area contributed by atoms with Crippen LogP contribution < -0.4 is 0 Å². The average Bonchev–Trinajstić information content (AvgIpc) is 2.64. The number of aromatic nitrogens is 2. The Labute approximate surface area is 118 Å². The first-order valence-corrected chi connectivity index (χ1v) is 6.96. The van der Waals surface area contributed by atoms with Crippen molar-refractivity contribution in [2.24, 2.45) is 0 Å². The molecule has 0 saturated heterocycles. The zero-order chi connectivity index (χ0) is 13.1. The normalized spacial score (nSPS) is 15.8. The molecule has 1 aromatic heterocycles. The number of nitrogens with zero attached hydrogens (tertiary/aromatic N) is 3. The van der Waals surface area contributed by atoms with Gasteiger partial charge in [-0.25, -0.2) is 0 Å². The van der Waals surface area contributed by atoms with Crippen LogP contribution in [0.25, 0.3) is 0 Å². The summed E-state index contributed by atoms with van der Waals surface area (Å²) in [5.41, 5.74) is 3.94. The zero-order valence-corrected chi connectivity index (χ0v) is 11.5. The van der Waals surface area contributed by atoms with Crippen molar-refractivity contribution in [3.63, 3.8) is 0 Å². The standard InChI is InChI=1S/C15H16ClN3/c16-15-6-5-14(17-18-15)11-19-9-7-12-3-1-2-4-13(12)8-10-19/h1-6H,7-11H2. The molecule has 2 heterocycles. The van der Waals surface area contributed by atoms with E-state index in [1.807, 2.05) is 6.07 Å². The van der Waals surface area contributed by atoms with Crippen molar-refractivity contribution < 1.29 is 0 Å². The van der Waals surface area contributed by atoms with E-state index < -0.39 is 0 Å².